The number of aliphatic hydroxyl groups excluding tert-OH is 1. The van der Waals surface area contributed by atoms with Crippen molar-refractivity contribution in [1.82, 2.24) is 9.78 Å². The van der Waals surface area contributed by atoms with E-state index in [1.165, 1.54) is 0 Å². The zero-order valence-electron chi connectivity index (χ0n) is 12.4. The Kier molecular flexibility index (Phi) is 3.57. The van der Waals surface area contributed by atoms with Crippen LogP contribution in [0.15, 0.2) is 60.9 Å². The van der Waals surface area contributed by atoms with E-state index >= 15 is 0 Å². The largest absolute Gasteiger partial charge is 0.467 e. The molecule has 0 saturated carbocycles. The SMILES string of the molecule is OC(c1ccc(-n2cccn2)cc1)c1ccc2c(c1)COCO2. The van der Waals surface area contributed by atoms with Crippen molar-refractivity contribution < 1.29 is 14.6 Å². The van der Waals surface area contributed by atoms with Crippen molar-refractivity contribution in [3.63, 3.8) is 0 Å². The van der Waals surface area contributed by atoms with Crippen LogP contribution in [0, 0.1) is 0 Å². The fourth-order valence-corrected chi connectivity index (χ4v) is 2.70. The number of benzene rings is 2. The Hall–Kier alpha value is -2.63. The molecule has 0 amide bonds. The molecule has 3 aromatic rings. The van der Waals surface area contributed by atoms with E-state index in [2.05, 4.69) is 5.10 Å². The summed E-state index contributed by atoms with van der Waals surface area (Å²) in [6, 6.07) is 15.3. The summed E-state index contributed by atoms with van der Waals surface area (Å²) in [5.74, 6) is 0.821. The van der Waals surface area contributed by atoms with Gasteiger partial charge >= 0.3 is 0 Å². The maximum absolute atomic E-state index is 10.6. The molecule has 5 heteroatoms. The third-order valence-electron chi connectivity index (χ3n) is 3.93. The van der Waals surface area contributed by atoms with Gasteiger partial charge in [-0.25, -0.2) is 4.68 Å². The van der Waals surface area contributed by atoms with Gasteiger partial charge in [0.1, 0.15) is 11.9 Å². The second-order valence-corrected chi connectivity index (χ2v) is 5.42. The molecular weight excluding hydrogens is 292 g/mol. The van der Waals surface area contributed by atoms with Gasteiger partial charge in [-0.05, 0) is 41.5 Å². The van der Waals surface area contributed by atoms with Crippen LogP contribution in [0.3, 0.4) is 0 Å². The van der Waals surface area contributed by atoms with E-state index in [0.29, 0.717) is 6.61 Å². The molecule has 0 spiro atoms. The summed E-state index contributed by atoms with van der Waals surface area (Å²) < 4.78 is 12.5. The molecule has 1 aliphatic rings. The van der Waals surface area contributed by atoms with Crippen LogP contribution in [0.2, 0.25) is 0 Å². The molecule has 0 bridgehead atoms. The van der Waals surface area contributed by atoms with Crippen LogP contribution >= 0.6 is 0 Å². The molecule has 0 fully saturated rings. The second-order valence-electron chi connectivity index (χ2n) is 5.42. The number of rotatable bonds is 3. The summed E-state index contributed by atoms with van der Waals surface area (Å²) in [5.41, 5.74) is 3.57. The lowest BCUT2D eigenvalue weighted by Gasteiger charge is -2.20. The summed E-state index contributed by atoms with van der Waals surface area (Å²) in [7, 11) is 0. The molecule has 0 radical (unpaired) electrons. The van der Waals surface area contributed by atoms with E-state index in [1.54, 1.807) is 10.9 Å². The molecule has 1 aromatic heterocycles. The number of aromatic nitrogens is 2. The third-order valence-corrected chi connectivity index (χ3v) is 3.93. The molecule has 0 saturated heterocycles. The van der Waals surface area contributed by atoms with Gasteiger partial charge in [0.05, 0.1) is 12.3 Å². The molecule has 1 atom stereocenters. The molecule has 116 valence electrons. The van der Waals surface area contributed by atoms with Crippen molar-refractivity contribution in [2.75, 3.05) is 6.79 Å². The first-order chi connectivity index (χ1) is 11.3. The van der Waals surface area contributed by atoms with Gasteiger partial charge in [0.2, 0.25) is 0 Å². The lowest BCUT2D eigenvalue weighted by Crippen LogP contribution is -2.12. The Morgan fingerprint density at radius 3 is 2.70 bits per heavy atom. The third kappa shape index (κ3) is 2.72. The van der Waals surface area contributed by atoms with Crippen LogP contribution in [-0.2, 0) is 11.3 Å². The topological polar surface area (TPSA) is 56.5 Å². The zero-order valence-corrected chi connectivity index (χ0v) is 12.4. The van der Waals surface area contributed by atoms with E-state index in [1.807, 2.05) is 54.7 Å². The van der Waals surface area contributed by atoms with Crippen molar-refractivity contribution in [3.8, 4) is 11.4 Å². The summed E-state index contributed by atoms with van der Waals surface area (Å²) in [4.78, 5) is 0. The summed E-state index contributed by atoms with van der Waals surface area (Å²) >= 11 is 0. The van der Waals surface area contributed by atoms with Crippen LogP contribution < -0.4 is 4.74 Å². The Balaban J connectivity index is 1.60. The van der Waals surface area contributed by atoms with Crippen molar-refractivity contribution >= 4 is 0 Å². The highest BCUT2D eigenvalue weighted by atomic mass is 16.7. The number of ether oxygens (including phenoxy) is 2. The average Bonchev–Trinajstić information content (AvgIpc) is 3.15. The highest BCUT2D eigenvalue weighted by Crippen LogP contribution is 2.29. The van der Waals surface area contributed by atoms with Crippen LogP contribution in [-0.4, -0.2) is 21.7 Å². The molecule has 0 aliphatic carbocycles. The van der Waals surface area contributed by atoms with Crippen LogP contribution in [0.4, 0.5) is 0 Å². The van der Waals surface area contributed by atoms with Gasteiger partial charge in [-0.1, -0.05) is 18.2 Å². The Labute approximate surface area is 133 Å². The number of nitrogens with zero attached hydrogens (tertiary/aromatic N) is 2. The quantitative estimate of drug-likeness (QED) is 0.808. The number of aliphatic hydroxyl groups is 1. The Bertz CT molecular complexity index is 798. The standard InChI is InChI=1S/C18H16N2O3/c21-18(14-4-7-17-15(10-14)11-22-12-23-17)13-2-5-16(6-3-13)20-9-1-8-19-20/h1-10,18,21H,11-12H2. The average molecular weight is 308 g/mol. The van der Waals surface area contributed by atoms with Crippen molar-refractivity contribution in [1.29, 1.82) is 0 Å². The minimum Gasteiger partial charge on any atom is -0.467 e. The Morgan fingerprint density at radius 1 is 1.09 bits per heavy atom. The highest BCUT2D eigenvalue weighted by molar-refractivity contribution is 5.42. The highest BCUT2D eigenvalue weighted by Gasteiger charge is 2.16. The minimum atomic E-state index is -0.686. The summed E-state index contributed by atoms with van der Waals surface area (Å²) in [6.07, 6.45) is 2.93. The number of hydrogen-bond acceptors (Lipinski definition) is 4. The van der Waals surface area contributed by atoms with Gasteiger partial charge in [0.25, 0.3) is 0 Å². The second kappa shape index (κ2) is 5.87. The molecule has 2 heterocycles. The molecule has 1 unspecified atom stereocenters. The van der Waals surface area contributed by atoms with Crippen LogP contribution in [0.5, 0.6) is 5.75 Å². The van der Waals surface area contributed by atoms with Gasteiger partial charge < -0.3 is 14.6 Å². The lowest BCUT2D eigenvalue weighted by molar-refractivity contribution is -0.0165. The Morgan fingerprint density at radius 2 is 1.91 bits per heavy atom. The van der Waals surface area contributed by atoms with E-state index in [4.69, 9.17) is 9.47 Å². The normalized spacial score (nSPS) is 14.8. The van der Waals surface area contributed by atoms with E-state index in [0.717, 1.165) is 28.1 Å². The van der Waals surface area contributed by atoms with Gasteiger partial charge in [-0.2, -0.15) is 5.10 Å². The van der Waals surface area contributed by atoms with E-state index in [-0.39, 0.29) is 6.79 Å². The fraction of sp³-hybridized carbons (Fsp3) is 0.167. The van der Waals surface area contributed by atoms with Crippen molar-refractivity contribution in [2.24, 2.45) is 0 Å². The van der Waals surface area contributed by atoms with Gasteiger partial charge in [-0.15, -0.1) is 0 Å². The molecule has 2 aromatic carbocycles. The maximum atomic E-state index is 10.6. The minimum absolute atomic E-state index is 0.282. The lowest BCUT2D eigenvalue weighted by atomic mass is 9.99. The smallest absolute Gasteiger partial charge is 0.189 e. The summed E-state index contributed by atoms with van der Waals surface area (Å²) in [6.45, 7) is 0.790. The molecule has 5 nitrogen and oxygen atoms in total. The van der Waals surface area contributed by atoms with Gasteiger partial charge in [0, 0.05) is 18.0 Å². The molecule has 4 rings (SSSR count). The molecular formula is C18H16N2O3. The van der Waals surface area contributed by atoms with Gasteiger partial charge in [-0.3, -0.25) is 0 Å². The van der Waals surface area contributed by atoms with Crippen molar-refractivity contribution in [2.45, 2.75) is 12.7 Å². The first-order valence-electron chi connectivity index (χ1n) is 7.43. The van der Waals surface area contributed by atoms with Crippen molar-refractivity contribution in [3.05, 3.63) is 77.6 Å². The summed E-state index contributed by atoms with van der Waals surface area (Å²) in [5, 5.41) is 14.8. The molecule has 23 heavy (non-hydrogen) atoms. The first-order valence-corrected chi connectivity index (χ1v) is 7.43. The zero-order chi connectivity index (χ0) is 15.6. The van der Waals surface area contributed by atoms with E-state index in [9.17, 15) is 5.11 Å². The van der Waals surface area contributed by atoms with Crippen LogP contribution in [0.1, 0.15) is 22.8 Å². The van der Waals surface area contributed by atoms with Gasteiger partial charge in [0.15, 0.2) is 6.79 Å². The van der Waals surface area contributed by atoms with Crippen LogP contribution in [0.25, 0.3) is 5.69 Å². The molecule has 1 N–H and O–H groups in total. The first kappa shape index (κ1) is 14.0. The number of fused-ring (bicyclic) bond motifs is 1. The monoisotopic (exact) mass is 308 g/mol. The van der Waals surface area contributed by atoms with E-state index < -0.39 is 6.10 Å². The maximum Gasteiger partial charge on any atom is 0.189 e. The number of hydrogen-bond donors (Lipinski definition) is 1. The fourth-order valence-electron chi connectivity index (χ4n) is 2.70. The predicted molar refractivity (Wildman–Crippen MR) is 84.4 cm³/mol. The molecule has 1 aliphatic heterocycles. The predicted octanol–water partition coefficient (Wildman–Crippen LogP) is 2.82.